The maximum absolute atomic E-state index is 5.04. The molecule has 0 aliphatic rings. The van der Waals surface area contributed by atoms with E-state index in [0.29, 0.717) is 0 Å². The Hall–Kier alpha value is -7.43. The van der Waals surface area contributed by atoms with Gasteiger partial charge in [-0.3, -0.25) is 4.98 Å². The second-order valence-electron chi connectivity index (χ2n) is 14.0. The predicted octanol–water partition coefficient (Wildman–Crippen LogP) is 13.6. The molecule has 0 saturated carbocycles. The molecule has 0 atom stereocenters. The molecule has 55 heavy (non-hydrogen) atoms. The lowest BCUT2D eigenvalue weighted by Gasteiger charge is -2.27. The Labute approximate surface area is 318 Å². The molecule has 0 bridgehead atoms. The Morgan fingerprint density at radius 3 is 1.24 bits per heavy atom. The number of pyridine rings is 1. The Bertz CT molecular complexity index is 2930. The van der Waals surface area contributed by atoms with Crippen molar-refractivity contribution in [2.45, 2.75) is 0 Å². The molecular formula is C51H34N4. The fraction of sp³-hybridized carbons (Fsp3) is 0. The van der Waals surface area contributed by atoms with Gasteiger partial charge in [-0.1, -0.05) is 115 Å². The summed E-state index contributed by atoms with van der Waals surface area (Å²) in [4.78, 5) is 7.39. The van der Waals surface area contributed by atoms with Gasteiger partial charge < -0.3 is 14.0 Å². The van der Waals surface area contributed by atoms with Crippen molar-refractivity contribution in [3.05, 3.63) is 206 Å². The summed E-state index contributed by atoms with van der Waals surface area (Å²) in [5.41, 5.74) is 13.4. The van der Waals surface area contributed by atoms with Gasteiger partial charge in [0.05, 0.1) is 33.3 Å². The third-order valence-electron chi connectivity index (χ3n) is 11.0. The second-order valence-corrected chi connectivity index (χ2v) is 14.0. The summed E-state index contributed by atoms with van der Waals surface area (Å²) in [5.74, 6) is 0. The maximum atomic E-state index is 5.04. The summed E-state index contributed by atoms with van der Waals surface area (Å²) >= 11 is 0. The van der Waals surface area contributed by atoms with Gasteiger partial charge in [-0.05, 0) is 96.1 Å². The molecule has 0 radical (unpaired) electrons. The first-order valence-electron chi connectivity index (χ1n) is 18.7. The summed E-state index contributed by atoms with van der Waals surface area (Å²) in [6, 6.07) is 71.8. The monoisotopic (exact) mass is 702 g/mol. The molecule has 11 aromatic rings. The molecule has 0 fully saturated rings. The van der Waals surface area contributed by atoms with Crippen LogP contribution >= 0.6 is 0 Å². The van der Waals surface area contributed by atoms with E-state index in [0.717, 1.165) is 44.9 Å². The van der Waals surface area contributed by atoms with Crippen molar-refractivity contribution in [3.63, 3.8) is 0 Å². The highest BCUT2D eigenvalue weighted by molar-refractivity contribution is 6.10. The smallest absolute Gasteiger partial charge is 0.0948 e. The molecule has 4 heteroatoms. The number of benzene rings is 8. The summed E-state index contributed by atoms with van der Waals surface area (Å²) in [5, 5.41) is 6.12. The van der Waals surface area contributed by atoms with E-state index < -0.39 is 0 Å². The van der Waals surface area contributed by atoms with Crippen molar-refractivity contribution in [3.8, 4) is 22.5 Å². The number of hydrogen-bond donors (Lipinski definition) is 0. The zero-order valence-electron chi connectivity index (χ0n) is 29.9. The molecule has 0 amide bonds. The Kier molecular flexibility index (Phi) is 7.14. The van der Waals surface area contributed by atoms with Gasteiger partial charge in [0, 0.05) is 55.9 Å². The van der Waals surface area contributed by atoms with E-state index >= 15 is 0 Å². The molecule has 3 aromatic heterocycles. The van der Waals surface area contributed by atoms with Crippen LogP contribution in [0, 0.1) is 0 Å². The first-order valence-corrected chi connectivity index (χ1v) is 18.7. The van der Waals surface area contributed by atoms with Crippen molar-refractivity contribution >= 4 is 71.6 Å². The van der Waals surface area contributed by atoms with E-state index in [2.05, 4.69) is 208 Å². The topological polar surface area (TPSA) is 26.0 Å². The van der Waals surface area contributed by atoms with Gasteiger partial charge in [-0.2, -0.15) is 0 Å². The summed E-state index contributed by atoms with van der Waals surface area (Å²) in [6.45, 7) is 0. The van der Waals surface area contributed by atoms with Gasteiger partial charge in [-0.15, -0.1) is 0 Å². The number of hydrogen-bond acceptors (Lipinski definition) is 2. The largest absolute Gasteiger partial charge is 0.309 e. The lowest BCUT2D eigenvalue weighted by molar-refractivity contribution is 1.17. The van der Waals surface area contributed by atoms with E-state index in [9.17, 15) is 0 Å². The van der Waals surface area contributed by atoms with Crippen LogP contribution in [0.25, 0.3) is 77.0 Å². The number of para-hydroxylation sites is 4. The Morgan fingerprint density at radius 1 is 0.345 bits per heavy atom. The third-order valence-corrected chi connectivity index (χ3v) is 11.0. The second kappa shape index (κ2) is 12.6. The molecule has 4 nitrogen and oxygen atoms in total. The summed E-state index contributed by atoms with van der Waals surface area (Å²) in [7, 11) is 0. The van der Waals surface area contributed by atoms with Crippen molar-refractivity contribution in [2.24, 2.45) is 0 Å². The number of anilines is 3. The predicted molar refractivity (Wildman–Crippen MR) is 231 cm³/mol. The minimum Gasteiger partial charge on any atom is -0.309 e. The fourth-order valence-corrected chi connectivity index (χ4v) is 8.54. The molecule has 0 unspecified atom stereocenters. The lowest BCUT2D eigenvalue weighted by atomic mass is 9.99. The van der Waals surface area contributed by atoms with E-state index in [1.807, 2.05) is 12.3 Å². The highest BCUT2D eigenvalue weighted by atomic mass is 15.2. The van der Waals surface area contributed by atoms with Gasteiger partial charge in [0.15, 0.2) is 0 Å². The zero-order chi connectivity index (χ0) is 36.3. The van der Waals surface area contributed by atoms with Gasteiger partial charge >= 0.3 is 0 Å². The highest BCUT2D eigenvalue weighted by Gasteiger charge is 2.20. The zero-order valence-corrected chi connectivity index (χ0v) is 29.9. The van der Waals surface area contributed by atoms with E-state index in [4.69, 9.17) is 4.98 Å². The van der Waals surface area contributed by atoms with Crippen LogP contribution in [0.15, 0.2) is 206 Å². The molecule has 0 N–H and O–H groups in total. The van der Waals surface area contributed by atoms with Crippen LogP contribution in [0.5, 0.6) is 0 Å². The molecule has 3 heterocycles. The maximum Gasteiger partial charge on any atom is 0.0948 e. The molecule has 0 aliphatic heterocycles. The molecule has 0 spiro atoms. The van der Waals surface area contributed by atoms with Crippen LogP contribution in [-0.2, 0) is 0 Å². The van der Waals surface area contributed by atoms with E-state index in [-0.39, 0.29) is 0 Å². The average Bonchev–Trinajstić information content (AvgIpc) is 3.78. The van der Waals surface area contributed by atoms with Crippen molar-refractivity contribution < 1.29 is 0 Å². The third kappa shape index (κ3) is 4.96. The van der Waals surface area contributed by atoms with Crippen LogP contribution in [0.1, 0.15) is 0 Å². The standard InChI is InChI=1S/C51H34N4/c1-2-13-35(14-3-1)40-32-33-50(51-45(40)19-12-34-52-51)53(36-24-28-38(29-25-36)54-46-20-8-4-15-41(46)42-16-5-9-21-47(42)54)37-26-30-39(31-27-37)55-48-22-10-6-17-43(48)44-18-7-11-23-49(44)55/h1-34H. The molecule has 8 aromatic carbocycles. The Morgan fingerprint density at radius 2 is 0.764 bits per heavy atom. The van der Waals surface area contributed by atoms with Crippen LogP contribution in [0.3, 0.4) is 0 Å². The number of aromatic nitrogens is 3. The summed E-state index contributed by atoms with van der Waals surface area (Å²) < 4.78 is 4.73. The van der Waals surface area contributed by atoms with Crippen molar-refractivity contribution in [1.82, 2.24) is 14.1 Å². The minimum absolute atomic E-state index is 0.946. The molecule has 11 rings (SSSR count). The lowest BCUT2D eigenvalue weighted by Crippen LogP contribution is -2.11. The molecule has 0 saturated heterocycles. The van der Waals surface area contributed by atoms with Gasteiger partial charge in [0.2, 0.25) is 0 Å². The van der Waals surface area contributed by atoms with Crippen molar-refractivity contribution in [2.75, 3.05) is 4.90 Å². The first-order chi connectivity index (χ1) is 27.3. The van der Waals surface area contributed by atoms with E-state index in [1.54, 1.807) is 0 Å². The van der Waals surface area contributed by atoms with Crippen LogP contribution in [0.4, 0.5) is 17.1 Å². The Balaban J connectivity index is 1.09. The normalized spacial score (nSPS) is 11.6. The number of nitrogens with zero attached hydrogens (tertiary/aromatic N) is 4. The number of fused-ring (bicyclic) bond motifs is 7. The van der Waals surface area contributed by atoms with E-state index in [1.165, 1.54) is 49.2 Å². The van der Waals surface area contributed by atoms with Gasteiger partial charge in [0.1, 0.15) is 0 Å². The number of rotatable bonds is 6. The minimum atomic E-state index is 0.946. The fourth-order valence-electron chi connectivity index (χ4n) is 8.54. The van der Waals surface area contributed by atoms with Gasteiger partial charge in [-0.25, -0.2) is 0 Å². The molecular weight excluding hydrogens is 669 g/mol. The highest BCUT2D eigenvalue weighted by Crippen LogP contribution is 2.42. The van der Waals surface area contributed by atoms with Crippen molar-refractivity contribution in [1.29, 1.82) is 0 Å². The van der Waals surface area contributed by atoms with Crippen LogP contribution in [0.2, 0.25) is 0 Å². The molecule has 258 valence electrons. The molecule has 0 aliphatic carbocycles. The first kappa shape index (κ1) is 31.1. The summed E-state index contributed by atoms with van der Waals surface area (Å²) in [6.07, 6.45) is 1.90. The van der Waals surface area contributed by atoms with Crippen LogP contribution in [-0.4, -0.2) is 14.1 Å². The van der Waals surface area contributed by atoms with Gasteiger partial charge in [0.25, 0.3) is 0 Å². The SMILES string of the molecule is c1ccc(-c2ccc(N(c3ccc(-n4c5ccccc5c5ccccc54)cc3)c3ccc(-n4c5ccccc5c5ccccc54)cc3)c3ncccc23)cc1. The van der Waals surface area contributed by atoms with Crippen LogP contribution < -0.4 is 4.90 Å². The quantitative estimate of drug-likeness (QED) is 0.172. The average molecular weight is 703 g/mol.